The van der Waals surface area contributed by atoms with Gasteiger partial charge in [0.2, 0.25) is 0 Å². The highest BCUT2D eigenvalue weighted by Crippen LogP contribution is 2.26. The molecule has 3 heterocycles. The van der Waals surface area contributed by atoms with Gasteiger partial charge in [-0.3, -0.25) is 14.7 Å². The molecule has 1 aromatic carbocycles. The van der Waals surface area contributed by atoms with Crippen molar-refractivity contribution in [3.63, 3.8) is 0 Å². The van der Waals surface area contributed by atoms with E-state index in [9.17, 15) is 4.79 Å². The molecule has 0 spiro atoms. The van der Waals surface area contributed by atoms with E-state index in [1.54, 1.807) is 6.20 Å². The quantitative estimate of drug-likeness (QED) is 0.678. The van der Waals surface area contributed by atoms with E-state index in [4.69, 9.17) is 4.74 Å². The molecule has 0 unspecified atom stereocenters. The average molecular weight is 409 g/mol. The molecule has 0 radical (unpaired) electrons. The predicted molar refractivity (Wildman–Crippen MR) is 114 cm³/mol. The fraction of sp³-hybridized carbons (Fsp3) is 0.318. The number of amides is 1. The van der Waals surface area contributed by atoms with E-state index in [1.807, 2.05) is 25.1 Å². The third-order valence-electron chi connectivity index (χ3n) is 4.87. The fourth-order valence-corrected chi connectivity index (χ4v) is 4.21. The molecule has 6 nitrogen and oxygen atoms in total. The number of morpholine rings is 1. The average Bonchev–Trinajstić information content (AvgIpc) is 3.16. The van der Waals surface area contributed by atoms with Crippen molar-refractivity contribution in [1.29, 1.82) is 0 Å². The third-order valence-corrected chi connectivity index (χ3v) is 6.05. The Hall–Kier alpha value is -2.61. The summed E-state index contributed by atoms with van der Waals surface area (Å²) >= 11 is 1.38. The van der Waals surface area contributed by atoms with Crippen LogP contribution in [0, 0.1) is 6.92 Å². The van der Waals surface area contributed by atoms with Crippen molar-refractivity contribution in [1.82, 2.24) is 20.2 Å². The molecule has 150 valence electrons. The fourth-order valence-electron chi connectivity index (χ4n) is 3.25. The van der Waals surface area contributed by atoms with Gasteiger partial charge in [-0.15, -0.1) is 11.3 Å². The number of pyridine rings is 1. The highest BCUT2D eigenvalue weighted by molar-refractivity contribution is 7.17. The van der Waals surface area contributed by atoms with Gasteiger partial charge < -0.3 is 10.1 Å². The van der Waals surface area contributed by atoms with Crippen LogP contribution < -0.4 is 5.32 Å². The Bertz CT molecular complexity index is 951. The summed E-state index contributed by atoms with van der Waals surface area (Å²) in [4.78, 5) is 24.5. The van der Waals surface area contributed by atoms with Gasteiger partial charge in [-0.2, -0.15) is 0 Å². The number of hydrogen-bond donors (Lipinski definition) is 1. The highest BCUT2D eigenvalue weighted by atomic mass is 32.1. The standard InChI is InChI=1S/C22H24N4O2S/c1-16-20(29-22(25-16)19-4-2-3-9-23-19)21(27)24-14-17-5-7-18(8-6-17)15-26-10-12-28-13-11-26/h2-9H,10-15H2,1H3,(H,24,27). The number of thiazole rings is 1. The van der Waals surface area contributed by atoms with Crippen molar-refractivity contribution in [3.05, 3.63) is 70.4 Å². The summed E-state index contributed by atoms with van der Waals surface area (Å²) in [5, 5.41) is 3.77. The van der Waals surface area contributed by atoms with Crippen LogP contribution in [0.15, 0.2) is 48.7 Å². The molecular weight excluding hydrogens is 384 g/mol. The SMILES string of the molecule is Cc1nc(-c2ccccn2)sc1C(=O)NCc1ccc(CN2CCOCC2)cc1. The van der Waals surface area contributed by atoms with Crippen LogP contribution in [0.4, 0.5) is 0 Å². The van der Waals surface area contributed by atoms with Crippen molar-refractivity contribution in [2.24, 2.45) is 0 Å². The second-order valence-electron chi connectivity index (χ2n) is 7.04. The van der Waals surface area contributed by atoms with E-state index in [2.05, 4.69) is 44.5 Å². The smallest absolute Gasteiger partial charge is 0.263 e. The molecule has 29 heavy (non-hydrogen) atoms. The van der Waals surface area contributed by atoms with Crippen molar-refractivity contribution in [2.45, 2.75) is 20.0 Å². The molecule has 1 amide bonds. The lowest BCUT2D eigenvalue weighted by molar-refractivity contribution is 0.0342. The van der Waals surface area contributed by atoms with Crippen LogP contribution in [0.3, 0.4) is 0 Å². The number of nitrogens with one attached hydrogen (secondary N) is 1. The molecule has 0 bridgehead atoms. The van der Waals surface area contributed by atoms with Crippen LogP contribution >= 0.6 is 11.3 Å². The van der Waals surface area contributed by atoms with Crippen LogP contribution in [-0.4, -0.2) is 47.1 Å². The van der Waals surface area contributed by atoms with Gasteiger partial charge in [0.25, 0.3) is 5.91 Å². The summed E-state index contributed by atoms with van der Waals surface area (Å²) in [7, 11) is 0. The van der Waals surface area contributed by atoms with Gasteiger partial charge in [0.05, 0.1) is 24.6 Å². The first-order valence-corrected chi connectivity index (χ1v) is 10.6. The molecule has 7 heteroatoms. The number of rotatable bonds is 6. The third kappa shape index (κ3) is 5.06. The summed E-state index contributed by atoms with van der Waals surface area (Å²) in [5.41, 5.74) is 3.88. The Morgan fingerprint density at radius 1 is 1.14 bits per heavy atom. The molecule has 1 aliphatic rings. The zero-order valence-corrected chi connectivity index (χ0v) is 17.2. The Kier molecular flexibility index (Phi) is 6.29. The number of aryl methyl sites for hydroxylation is 1. The monoisotopic (exact) mass is 408 g/mol. The Morgan fingerprint density at radius 2 is 1.90 bits per heavy atom. The number of hydrogen-bond acceptors (Lipinski definition) is 6. The summed E-state index contributed by atoms with van der Waals surface area (Å²) in [5.74, 6) is -0.0976. The molecule has 1 fully saturated rings. The van der Waals surface area contributed by atoms with Crippen molar-refractivity contribution in [3.8, 4) is 10.7 Å². The van der Waals surface area contributed by atoms with Crippen molar-refractivity contribution >= 4 is 17.2 Å². The van der Waals surface area contributed by atoms with Crippen LogP contribution in [0.25, 0.3) is 10.7 Å². The van der Waals surface area contributed by atoms with Crippen molar-refractivity contribution in [2.75, 3.05) is 26.3 Å². The Balaban J connectivity index is 1.34. The molecule has 3 aromatic rings. The van der Waals surface area contributed by atoms with Gasteiger partial charge >= 0.3 is 0 Å². The number of carbonyl (C=O) groups excluding carboxylic acids is 1. The maximum atomic E-state index is 12.6. The van der Waals surface area contributed by atoms with E-state index in [0.29, 0.717) is 11.4 Å². The predicted octanol–water partition coefficient (Wildman–Crippen LogP) is 3.28. The summed E-state index contributed by atoms with van der Waals surface area (Å²) in [6, 6.07) is 14.1. The van der Waals surface area contributed by atoms with E-state index in [1.165, 1.54) is 16.9 Å². The molecule has 2 aromatic heterocycles. The van der Waals surface area contributed by atoms with E-state index in [-0.39, 0.29) is 5.91 Å². The minimum Gasteiger partial charge on any atom is -0.379 e. The minimum atomic E-state index is -0.0976. The number of ether oxygens (including phenoxy) is 1. The summed E-state index contributed by atoms with van der Waals surface area (Å²) in [6.07, 6.45) is 1.73. The summed E-state index contributed by atoms with van der Waals surface area (Å²) < 4.78 is 5.39. The van der Waals surface area contributed by atoms with E-state index >= 15 is 0 Å². The molecule has 4 rings (SSSR count). The molecule has 0 aliphatic carbocycles. The van der Waals surface area contributed by atoms with Gasteiger partial charge in [-0.05, 0) is 30.2 Å². The van der Waals surface area contributed by atoms with Gasteiger partial charge in [-0.1, -0.05) is 30.3 Å². The lowest BCUT2D eigenvalue weighted by Gasteiger charge is -2.26. The molecule has 1 aliphatic heterocycles. The number of nitrogens with zero attached hydrogens (tertiary/aromatic N) is 3. The Labute approximate surface area is 174 Å². The minimum absolute atomic E-state index is 0.0976. The first-order valence-electron chi connectivity index (χ1n) is 9.74. The lowest BCUT2D eigenvalue weighted by atomic mass is 10.1. The largest absolute Gasteiger partial charge is 0.379 e. The van der Waals surface area contributed by atoms with Crippen LogP contribution in [0.1, 0.15) is 26.5 Å². The van der Waals surface area contributed by atoms with Crippen molar-refractivity contribution < 1.29 is 9.53 Å². The van der Waals surface area contributed by atoms with Crippen LogP contribution in [-0.2, 0) is 17.8 Å². The zero-order valence-electron chi connectivity index (χ0n) is 16.4. The highest BCUT2D eigenvalue weighted by Gasteiger charge is 2.16. The van der Waals surface area contributed by atoms with Gasteiger partial charge in [0, 0.05) is 32.4 Å². The second-order valence-corrected chi connectivity index (χ2v) is 8.04. The number of benzene rings is 1. The topological polar surface area (TPSA) is 67.4 Å². The van der Waals surface area contributed by atoms with Gasteiger partial charge in [0.15, 0.2) is 0 Å². The van der Waals surface area contributed by atoms with Crippen LogP contribution in [0.5, 0.6) is 0 Å². The van der Waals surface area contributed by atoms with Gasteiger partial charge in [0.1, 0.15) is 9.88 Å². The molecule has 0 saturated carbocycles. The molecular formula is C22H24N4O2S. The number of carbonyl (C=O) groups is 1. The molecule has 1 saturated heterocycles. The zero-order chi connectivity index (χ0) is 20.1. The summed E-state index contributed by atoms with van der Waals surface area (Å²) in [6.45, 7) is 6.86. The van der Waals surface area contributed by atoms with E-state index < -0.39 is 0 Å². The molecule has 0 atom stereocenters. The first-order chi connectivity index (χ1) is 14.2. The van der Waals surface area contributed by atoms with E-state index in [0.717, 1.165) is 54.8 Å². The number of aromatic nitrogens is 2. The Morgan fingerprint density at radius 3 is 2.62 bits per heavy atom. The normalized spacial score (nSPS) is 14.7. The lowest BCUT2D eigenvalue weighted by Crippen LogP contribution is -2.35. The maximum Gasteiger partial charge on any atom is 0.263 e. The van der Waals surface area contributed by atoms with Crippen LogP contribution in [0.2, 0.25) is 0 Å². The maximum absolute atomic E-state index is 12.6. The first kappa shape index (κ1) is 19.7. The van der Waals surface area contributed by atoms with Gasteiger partial charge in [-0.25, -0.2) is 4.98 Å². The molecule has 1 N–H and O–H groups in total. The second kappa shape index (κ2) is 9.26.